The smallest absolute Gasteiger partial charge is 0.321 e. The molecule has 0 aliphatic carbocycles. The van der Waals surface area contributed by atoms with Crippen molar-refractivity contribution in [1.29, 1.82) is 0 Å². The summed E-state index contributed by atoms with van der Waals surface area (Å²) < 4.78 is 11.0. The molecule has 9 nitrogen and oxygen atoms in total. The average Bonchev–Trinajstić information content (AvgIpc) is 2.88. The van der Waals surface area contributed by atoms with Crippen LogP contribution in [0.15, 0.2) is 41.4 Å². The monoisotopic (exact) mass is 507 g/mol. The number of anilines is 1. The van der Waals surface area contributed by atoms with E-state index in [1.807, 2.05) is 12.1 Å². The number of fused-ring (bicyclic) bond motifs is 1. The minimum atomic E-state index is -0.841. The van der Waals surface area contributed by atoms with E-state index in [9.17, 15) is 19.5 Å². The molecule has 0 bridgehead atoms. The van der Waals surface area contributed by atoms with Crippen molar-refractivity contribution in [2.45, 2.75) is 32.6 Å². The Bertz CT molecular complexity index is 1220. The number of piperidine rings is 1. The molecule has 2 aromatic rings. The van der Waals surface area contributed by atoms with Crippen LogP contribution in [0.4, 0.5) is 10.5 Å². The van der Waals surface area contributed by atoms with Gasteiger partial charge in [0.05, 0.1) is 14.2 Å². The molecule has 0 aromatic heterocycles. The molecule has 196 valence electrons. The van der Waals surface area contributed by atoms with E-state index in [0.717, 1.165) is 23.3 Å². The van der Waals surface area contributed by atoms with E-state index in [4.69, 9.17) is 14.5 Å². The van der Waals surface area contributed by atoms with Crippen LogP contribution in [0.5, 0.6) is 11.5 Å². The number of benzene rings is 2. The SMILES string of the molecule is COc1cc2c(cc1OC)C(C[C@H]1CN(C(=O)Nc3cccc(C(C)=O)c3)CC[C@H]1CC(=O)O)=NCC2. The normalized spacial score (nSPS) is 18.9. The van der Waals surface area contributed by atoms with Gasteiger partial charge >= 0.3 is 12.0 Å². The number of amides is 2. The molecule has 0 unspecified atom stereocenters. The Morgan fingerprint density at radius 3 is 2.57 bits per heavy atom. The van der Waals surface area contributed by atoms with E-state index in [1.165, 1.54) is 6.92 Å². The topological polar surface area (TPSA) is 118 Å². The molecule has 0 radical (unpaired) electrons. The molecule has 2 N–H and O–H groups in total. The molecule has 2 aliphatic rings. The minimum absolute atomic E-state index is 0.0485. The van der Waals surface area contributed by atoms with Gasteiger partial charge in [-0.1, -0.05) is 12.1 Å². The van der Waals surface area contributed by atoms with Crippen molar-refractivity contribution >= 4 is 29.2 Å². The molecule has 2 amide bonds. The van der Waals surface area contributed by atoms with Gasteiger partial charge < -0.3 is 24.8 Å². The van der Waals surface area contributed by atoms with Crippen LogP contribution in [0, 0.1) is 11.8 Å². The number of Topliss-reactive ketones (excluding diaryl/α,β-unsaturated/α-hetero) is 1. The van der Waals surface area contributed by atoms with Crippen molar-refractivity contribution in [3.63, 3.8) is 0 Å². The number of carboxylic acid groups (broad SMARTS) is 1. The predicted molar refractivity (Wildman–Crippen MR) is 140 cm³/mol. The van der Waals surface area contributed by atoms with E-state index in [2.05, 4.69) is 5.32 Å². The lowest BCUT2D eigenvalue weighted by Crippen LogP contribution is -2.46. The number of carbonyl (C=O) groups excluding carboxylic acids is 2. The Morgan fingerprint density at radius 1 is 1.11 bits per heavy atom. The van der Waals surface area contributed by atoms with E-state index in [1.54, 1.807) is 43.4 Å². The molecule has 2 aromatic carbocycles. The number of ether oxygens (including phenoxy) is 2. The van der Waals surface area contributed by atoms with Gasteiger partial charge in [-0.2, -0.15) is 0 Å². The van der Waals surface area contributed by atoms with Gasteiger partial charge in [-0.05, 0) is 67.9 Å². The molecule has 9 heteroatoms. The summed E-state index contributed by atoms with van der Waals surface area (Å²) in [4.78, 5) is 43.0. The van der Waals surface area contributed by atoms with Crippen molar-refractivity contribution in [3.05, 3.63) is 53.1 Å². The first-order chi connectivity index (χ1) is 17.8. The van der Waals surface area contributed by atoms with Gasteiger partial charge in [0.25, 0.3) is 0 Å². The number of carboxylic acids is 1. The van der Waals surface area contributed by atoms with E-state index in [-0.39, 0.29) is 30.1 Å². The third kappa shape index (κ3) is 6.10. The highest BCUT2D eigenvalue weighted by Crippen LogP contribution is 2.36. The number of rotatable bonds is 8. The van der Waals surface area contributed by atoms with Gasteiger partial charge in [-0.3, -0.25) is 14.6 Å². The first kappa shape index (κ1) is 26.2. The predicted octanol–water partition coefficient (Wildman–Crippen LogP) is 4.29. The van der Waals surface area contributed by atoms with Crippen molar-refractivity contribution in [2.24, 2.45) is 16.8 Å². The van der Waals surface area contributed by atoms with Crippen LogP contribution >= 0.6 is 0 Å². The molecule has 1 saturated heterocycles. The summed E-state index contributed by atoms with van der Waals surface area (Å²) in [6.45, 7) is 3.00. The second kappa shape index (κ2) is 11.5. The van der Waals surface area contributed by atoms with Gasteiger partial charge in [0.2, 0.25) is 0 Å². The number of aliphatic imine (C=N–C) groups is 1. The Hall–Kier alpha value is -3.88. The maximum absolute atomic E-state index is 13.1. The van der Waals surface area contributed by atoms with E-state index >= 15 is 0 Å². The van der Waals surface area contributed by atoms with Crippen molar-refractivity contribution in [3.8, 4) is 11.5 Å². The highest BCUT2D eigenvalue weighted by atomic mass is 16.5. The molecule has 0 spiro atoms. The summed E-state index contributed by atoms with van der Waals surface area (Å²) in [6.07, 6.45) is 1.98. The van der Waals surface area contributed by atoms with Gasteiger partial charge in [-0.25, -0.2) is 4.79 Å². The fourth-order valence-corrected chi connectivity index (χ4v) is 5.22. The lowest BCUT2D eigenvalue weighted by Gasteiger charge is -2.38. The largest absolute Gasteiger partial charge is 0.493 e. The van der Waals surface area contributed by atoms with Crippen LogP contribution in [0.2, 0.25) is 0 Å². The van der Waals surface area contributed by atoms with E-state index < -0.39 is 5.97 Å². The minimum Gasteiger partial charge on any atom is -0.493 e. The molecule has 4 rings (SSSR count). The zero-order valence-corrected chi connectivity index (χ0v) is 21.5. The maximum Gasteiger partial charge on any atom is 0.321 e. The number of urea groups is 1. The van der Waals surface area contributed by atoms with Crippen molar-refractivity contribution in [2.75, 3.05) is 39.2 Å². The molecule has 2 atom stereocenters. The first-order valence-corrected chi connectivity index (χ1v) is 12.5. The number of hydrogen-bond acceptors (Lipinski definition) is 6. The standard InChI is InChI=1S/C28H33N3O6/c1-17(32)18-5-4-6-22(11-18)30-28(35)31-10-8-19(14-27(33)34)21(16-31)12-24-23-15-26(37-3)25(36-2)13-20(23)7-9-29-24/h4-6,11,13,15,19,21H,7-10,12,14,16H2,1-3H3,(H,30,35)(H,33,34)/t19-,21-/m0/s1. The quantitative estimate of drug-likeness (QED) is 0.515. The van der Waals surface area contributed by atoms with Gasteiger partial charge in [-0.15, -0.1) is 0 Å². The third-order valence-corrected chi connectivity index (χ3v) is 7.20. The molecule has 0 saturated carbocycles. The summed E-state index contributed by atoms with van der Waals surface area (Å²) in [6, 6.07) is 10.5. The zero-order chi connectivity index (χ0) is 26.5. The second-order valence-electron chi connectivity index (χ2n) is 9.57. The van der Waals surface area contributed by atoms with Gasteiger partial charge in [0.1, 0.15) is 0 Å². The summed E-state index contributed by atoms with van der Waals surface area (Å²) >= 11 is 0. The highest BCUT2D eigenvalue weighted by Gasteiger charge is 2.34. The fraction of sp³-hybridized carbons (Fsp3) is 0.429. The molecular formula is C28H33N3O6. The molecule has 2 heterocycles. The Morgan fingerprint density at radius 2 is 1.86 bits per heavy atom. The Kier molecular flexibility index (Phi) is 8.11. The molecule has 1 fully saturated rings. The number of nitrogens with one attached hydrogen (secondary N) is 1. The van der Waals surface area contributed by atoms with Crippen LogP contribution in [0.3, 0.4) is 0 Å². The number of likely N-dealkylation sites (tertiary alicyclic amines) is 1. The third-order valence-electron chi connectivity index (χ3n) is 7.20. The number of methoxy groups -OCH3 is 2. The van der Waals surface area contributed by atoms with Crippen LogP contribution in [0.1, 0.15) is 47.7 Å². The Labute approximate surface area is 216 Å². The number of carbonyl (C=O) groups is 3. The first-order valence-electron chi connectivity index (χ1n) is 12.5. The summed E-state index contributed by atoms with van der Waals surface area (Å²) in [5.74, 6) is 0.225. The molecular weight excluding hydrogens is 474 g/mol. The maximum atomic E-state index is 13.1. The summed E-state index contributed by atoms with van der Waals surface area (Å²) in [5, 5.41) is 12.4. The Balaban J connectivity index is 1.54. The second-order valence-corrected chi connectivity index (χ2v) is 9.57. The number of nitrogens with zero attached hydrogens (tertiary/aromatic N) is 2. The van der Waals surface area contributed by atoms with E-state index in [0.29, 0.717) is 55.2 Å². The lowest BCUT2D eigenvalue weighted by atomic mass is 9.78. The van der Waals surface area contributed by atoms with Crippen molar-refractivity contribution in [1.82, 2.24) is 4.90 Å². The fourth-order valence-electron chi connectivity index (χ4n) is 5.22. The molecule has 2 aliphatic heterocycles. The van der Waals surface area contributed by atoms with Crippen LogP contribution in [-0.2, 0) is 11.2 Å². The van der Waals surface area contributed by atoms with Gasteiger partial charge in [0, 0.05) is 48.6 Å². The number of aliphatic carboxylic acids is 1. The van der Waals surface area contributed by atoms with Gasteiger partial charge in [0.15, 0.2) is 17.3 Å². The lowest BCUT2D eigenvalue weighted by molar-refractivity contribution is -0.138. The highest BCUT2D eigenvalue weighted by molar-refractivity contribution is 6.03. The summed E-state index contributed by atoms with van der Waals surface area (Å²) in [5.41, 5.74) is 4.08. The average molecular weight is 508 g/mol. The van der Waals surface area contributed by atoms with Crippen LogP contribution in [0.25, 0.3) is 0 Å². The molecule has 37 heavy (non-hydrogen) atoms. The number of hydrogen-bond donors (Lipinski definition) is 2. The van der Waals surface area contributed by atoms with Crippen molar-refractivity contribution < 1.29 is 29.0 Å². The number of ketones is 1. The zero-order valence-electron chi connectivity index (χ0n) is 21.5. The van der Waals surface area contributed by atoms with Crippen LogP contribution < -0.4 is 14.8 Å². The summed E-state index contributed by atoms with van der Waals surface area (Å²) in [7, 11) is 3.20. The van der Waals surface area contributed by atoms with Crippen LogP contribution in [-0.4, -0.2) is 67.4 Å².